The first kappa shape index (κ1) is 21.6. The van der Waals surface area contributed by atoms with Crippen molar-refractivity contribution in [3.05, 3.63) is 54.6 Å². The Morgan fingerprint density at radius 3 is 2.17 bits per heavy atom. The van der Waals surface area contributed by atoms with Gasteiger partial charge >= 0.3 is 0 Å². The number of alkyl halides is 1. The molecule has 0 aromatic heterocycles. The molecule has 0 radical (unpaired) electrons. The van der Waals surface area contributed by atoms with Crippen LogP contribution >= 0.6 is 0 Å². The van der Waals surface area contributed by atoms with Crippen LogP contribution in [0.25, 0.3) is 21.5 Å². The van der Waals surface area contributed by atoms with Crippen molar-refractivity contribution in [2.45, 2.75) is 78.0 Å². The molecule has 2 atom stereocenters. The van der Waals surface area contributed by atoms with Crippen molar-refractivity contribution in [1.29, 1.82) is 0 Å². The number of rotatable bonds is 12. The van der Waals surface area contributed by atoms with Gasteiger partial charge in [-0.05, 0) is 46.5 Å². The Morgan fingerprint density at radius 1 is 0.724 bits per heavy atom. The summed E-state index contributed by atoms with van der Waals surface area (Å²) in [6.45, 7) is 4.40. The SMILES string of the molecule is CCCCCCC(CCCCC)C(F)Oc1ccc2c(ccc3ccccc32)c1. The number of benzene rings is 3. The van der Waals surface area contributed by atoms with E-state index in [2.05, 4.69) is 56.3 Å². The van der Waals surface area contributed by atoms with Gasteiger partial charge < -0.3 is 4.74 Å². The monoisotopic (exact) mass is 394 g/mol. The van der Waals surface area contributed by atoms with Gasteiger partial charge in [0.05, 0.1) is 0 Å². The summed E-state index contributed by atoms with van der Waals surface area (Å²) in [4.78, 5) is 0. The van der Waals surface area contributed by atoms with Crippen molar-refractivity contribution in [1.82, 2.24) is 0 Å². The van der Waals surface area contributed by atoms with Crippen LogP contribution in [0.3, 0.4) is 0 Å². The van der Waals surface area contributed by atoms with Gasteiger partial charge in [0.1, 0.15) is 5.75 Å². The van der Waals surface area contributed by atoms with Gasteiger partial charge in [-0.25, -0.2) is 4.39 Å². The van der Waals surface area contributed by atoms with E-state index in [0.29, 0.717) is 5.75 Å². The molecule has 0 saturated carbocycles. The number of ether oxygens (including phenoxy) is 1. The highest BCUT2D eigenvalue weighted by Gasteiger charge is 2.22. The topological polar surface area (TPSA) is 9.23 Å². The van der Waals surface area contributed by atoms with Crippen LogP contribution in [-0.2, 0) is 0 Å². The second-order valence-corrected chi connectivity index (χ2v) is 8.24. The van der Waals surface area contributed by atoms with Gasteiger partial charge in [0.15, 0.2) is 0 Å². The molecule has 0 spiro atoms. The Kier molecular flexibility index (Phi) is 8.34. The lowest BCUT2D eigenvalue weighted by molar-refractivity contribution is 0.00337. The third-order valence-electron chi connectivity index (χ3n) is 5.94. The zero-order valence-corrected chi connectivity index (χ0v) is 18.0. The first-order chi connectivity index (χ1) is 14.2. The fourth-order valence-corrected chi connectivity index (χ4v) is 4.19. The smallest absolute Gasteiger partial charge is 0.241 e. The minimum Gasteiger partial charge on any atom is -0.460 e. The van der Waals surface area contributed by atoms with E-state index in [1.54, 1.807) is 0 Å². The third kappa shape index (κ3) is 5.95. The first-order valence-corrected chi connectivity index (χ1v) is 11.4. The summed E-state index contributed by atoms with van der Waals surface area (Å²) in [6, 6.07) is 18.5. The summed E-state index contributed by atoms with van der Waals surface area (Å²) in [6.07, 6.45) is 8.76. The van der Waals surface area contributed by atoms with Crippen molar-refractivity contribution in [2.24, 2.45) is 5.92 Å². The Morgan fingerprint density at radius 2 is 1.38 bits per heavy atom. The predicted octanol–water partition coefficient (Wildman–Crippen LogP) is 8.83. The zero-order valence-electron chi connectivity index (χ0n) is 18.0. The molecule has 0 aliphatic carbocycles. The summed E-state index contributed by atoms with van der Waals surface area (Å²) in [5.74, 6) is 0.625. The minimum atomic E-state index is -1.23. The zero-order chi connectivity index (χ0) is 20.5. The highest BCUT2D eigenvalue weighted by molar-refractivity contribution is 6.07. The fraction of sp³-hybridized carbons (Fsp3) is 0.481. The quantitative estimate of drug-likeness (QED) is 0.220. The van der Waals surface area contributed by atoms with Crippen molar-refractivity contribution >= 4 is 21.5 Å². The summed E-state index contributed by atoms with van der Waals surface area (Å²) >= 11 is 0. The molecule has 3 rings (SSSR count). The molecule has 0 amide bonds. The van der Waals surface area contributed by atoms with E-state index >= 15 is 4.39 Å². The molecule has 0 fully saturated rings. The van der Waals surface area contributed by atoms with Gasteiger partial charge in [0.2, 0.25) is 6.36 Å². The second kappa shape index (κ2) is 11.2. The molecule has 1 nitrogen and oxygen atoms in total. The summed E-state index contributed by atoms with van der Waals surface area (Å²) < 4.78 is 20.9. The van der Waals surface area contributed by atoms with Crippen LogP contribution in [0.2, 0.25) is 0 Å². The molecule has 2 unspecified atom stereocenters. The standard InChI is InChI=1S/C27H35FO/c1-3-5-7-9-14-22(13-8-6-4-2)27(28)29-24-18-19-26-23(20-24)17-16-21-12-10-11-15-25(21)26/h10-12,15-20,22,27H,3-9,13-14H2,1-2H3. The van der Waals surface area contributed by atoms with Crippen LogP contribution in [0, 0.1) is 5.92 Å². The molecule has 0 aliphatic heterocycles. The average molecular weight is 395 g/mol. The van der Waals surface area contributed by atoms with Crippen molar-refractivity contribution < 1.29 is 9.13 Å². The van der Waals surface area contributed by atoms with E-state index < -0.39 is 6.36 Å². The fourth-order valence-electron chi connectivity index (χ4n) is 4.19. The van der Waals surface area contributed by atoms with Crippen molar-refractivity contribution in [3.63, 3.8) is 0 Å². The largest absolute Gasteiger partial charge is 0.460 e. The number of halogens is 1. The van der Waals surface area contributed by atoms with Crippen LogP contribution in [0.15, 0.2) is 54.6 Å². The first-order valence-electron chi connectivity index (χ1n) is 11.4. The van der Waals surface area contributed by atoms with E-state index in [9.17, 15) is 0 Å². The Bertz CT molecular complexity index is 888. The highest BCUT2D eigenvalue weighted by Crippen LogP contribution is 2.31. The van der Waals surface area contributed by atoms with Crippen LogP contribution in [0.4, 0.5) is 4.39 Å². The molecule has 156 valence electrons. The molecule has 29 heavy (non-hydrogen) atoms. The molecule has 3 aromatic rings. The number of unbranched alkanes of at least 4 members (excludes halogenated alkanes) is 5. The van der Waals surface area contributed by atoms with E-state index in [0.717, 1.165) is 31.1 Å². The highest BCUT2D eigenvalue weighted by atomic mass is 19.1. The van der Waals surface area contributed by atoms with Gasteiger partial charge in [-0.15, -0.1) is 0 Å². The maximum absolute atomic E-state index is 15.1. The van der Waals surface area contributed by atoms with Crippen molar-refractivity contribution in [2.75, 3.05) is 0 Å². The molecule has 0 bridgehead atoms. The molecule has 0 N–H and O–H groups in total. The number of hydrogen-bond donors (Lipinski definition) is 0. The van der Waals surface area contributed by atoms with Crippen LogP contribution in [0.5, 0.6) is 5.75 Å². The normalized spacial score (nSPS) is 13.6. The van der Waals surface area contributed by atoms with Gasteiger partial charge in [0, 0.05) is 5.92 Å². The summed E-state index contributed by atoms with van der Waals surface area (Å²) in [5.41, 5.74) is 0. The lowest BCUT2D eigenvalue weighted by Gasteiger charge is -2.22. The molecule has 0 heterocycles. The lowest BCUT2D eigenvalue weighted by atomic mass is 9.94. The number of hydrogen-bond acceptors (Lipinski definition) is 1. The van der Waals surface area contributed by atoms with E-state index in [1.165, 1.54) is 48.3 Å². The number of fused-ring (bicyclic) bond motifs is 3. The molecule has 0 saturated heterocycles. The summed E-state index contributed by atoms with van der Waals surface area (Å²) in [5, 5.41) is 4.73. The molecule has 3 aromatic carbocycles. The van der Waals surface area contributed by atoms with Gasteiger partial charge in [-0.1, -0.05) is 101 Å². The van der Waals surface area contributed by atoms with Gasteiger partial charge in [-0.2, -0.15) is 0 Å². The maximum atomic E-state index is 15.1. The van der Waals surface area contributed by atoms with Crippen LogP contribution in [0.1, 0.15) is 71.6 Å². The van der Waals surface area contributed by atoms with E-state index in [-0.39, 0.29) is 5.92 Å². The van der Waals surface area contributed by atoms with Gasteiger partial charge in [-0.3, -0.25) is 0 Å². The average Bonchev–Trinajstić information content (AvgIpc) is 2.75. The van der Waals surface area contributed by atoms with Crippen LogP contribution < -0.4 is 4.74 Å². The second-order valence-electron chi connectivity index (χ2n) is 8.24. The molecule has 0 aliphatic rings. The Balaban J connectivity index is 1.70. The molecular weight excluding hydrogens is 359 g/mol. The maximum Gasteiger partial charge on any atom is 0.241 e. The lowest BCUT2D eigenvalue weighted by Crippen LogP contribution is -2.22. The van der Waals surface area contributed by atoms with Gasteiger partial charge in [0.25, 0.3) is 0 Å². The van der Waals surface area contributed by atoms with Crippen molar-refractivity contribution in [3.8, 4) is 5.75 Å². The predicted molar refractivity (Wildman–Crippen MR) is 123 cm³/mol. The Hall–Kier alpha value is -2.09. The minimum absolute atomic E-state index is 0.00861. The molecular formula is C27H35FO. The van der Waals surface area contributed by atoms with Crippen LogP contribution in [-0.4, -0.2) is 6.36 Å². The molecule has 2 heteroatoms. The summed E-state index contributed by atoms with van der Waals surface area (Å²) in [7, 11) is 0. The van der Waals surface area contributed by atoms with E-state index in [1.807, 2.05) is 12.1 Å². The van der Waals surface area contributed by atoms with E-state index in [4.69, 9.17) is 4.74 Å². The Labute approximate surface area is 175 Å². The third-order valence-corrected chi connectivity index (χ3v) is 5.94.